The molecule has 1 aromatic heterocycles. The molecular weight excluding hydrogens is 573 g/mol. The third-order valence-electron chi connectivity index (χ3n) is 7.88. The van der Waals surface area contributed by atoms with Crippen LogP contribution in [-0.2, 0) is 16.9 Å². The third kappa shape index (κ3) is 4.04. The van der Waals surface area contributed by atoms with Crippen LogP contribution >= 0.6 is 23.2 Å². The molecule has 2 amide bonds. The zero-order valence-electron chi connectivity index (χ0n) is 24.3. The van der Waals surface area contributed by atoms with Gasteiger partial charge >= 0.3 is 0 Å². The summed E-state index contributed by atoms with van der Waals surface area (Å²) in [6.45, 7) is 6.65. The second-order valence-electron chi connectivity index (χ2n) is 11.3. The summed E-state index contributed by atoms with van der Waals surface area (Å²) in [5, 5.41) is 3.93. The van der Waals surface area contributed by atoms with Crippen molar-refractivity contribution in [1.29, 1.82) is 0 Å². The van der Waals surface area contributed by atoms with Gasteiger partial charge in [0.15, 0.2) is 11.2 Å². The highest BCUT2D eigenvalue weighted by Crippen LogP contribution is 2.55. The lowest BCUT2D eigenvalue weighted by molar-refractivity contribution is -0.119. The van der Waals surface area contributed by atoms with Crippen LogP contribution < -0.4 is 15.0 Å². The molecular formula is C32H31Cl2N5O3. The maximum absolute atomic E-state index is 14.6. The number of methoxy groups -OCH3 is 1. The molecule has 0 saturated heterocycles. The van der Waals surface area contributed by atoms with Gasteiger partial charge in [-0.05, 0) is 82.4 Å². The normalized spacial score (nSPS) is 17.4. The molecule has 6 rings (SSSR count). The average molecular weight is 605 g/mol. The summed E-state index contributed by atoms with van der Waals surface area (Å²) in [5.41, 5.74) is 3.44. The van der Waals surface area contributed by atoms with Crippen molar-refractivity contribution in [1.82, 2.24) is 14.5 Å². The zero-order chi connectivity index (χ0) is 30.1. The minimum absolute atomic E-state index is 0.170. The average Bonchev–Trinajstić information content (AvgIpc) is 3.53. The van der Waals surface area contributed by atoms with Crippen molar-refractivity contribution in [3.63, 3.8) is 0 Å². The lowest BCUT2D eigenvalue weighted by Gasteiger charge is -2.36. The van der Waals surface area contributed by atoms with Crippen LogP contribution in [0.4, 0.5) is 11.4 Å². The number of fused-ring (bicyclic) bond motifs is 4. The van der Waals surface area contributed by atoms with E-state index in [1.807, 2.05) is 63.7 Å². The molecule has 0 radical (unpaired) electrons. The van der Waals surface area contributed by atoms with E-state index in [0.29, 0.717) is 44.3 Å². The predicted molar refractivity (Wildman–Crippen MR) is 166 cm³/mol. The van der Waals surface area contributed by atoms with E-state index in [9.17, 15) is 9.59 Å². The van der Waals surface area contributed by atoms with Gasteiger partial charge in [0, 0.05) is 33.9 Å². The van der Waals surface area contributed by atoms with Crippen molar-refractivity contribution in [3.05, 3.63) is 92.7 Å². The molecule has 216 valence electrons. The Morgan fingerprint density at radius 3 is 2.43 bits per heavy atom. The third-order valence-corrected chi connectivity index (χ3v) is 8.35. The van der Waals surface area contributed by atoms with Gasteiger partial charge in [0.1, 0.15) is 11.6 Å². The van der Waals surface area contributed by atoms with Gasteiger partial charge in [-0.1, -0.05) is 41.4 Å². The predicted octanol–water partition coefficient (Wildman–Crippen LogP) is 6.67. The fourth-order valence-corrected chi connectivity index (χ4v) is 6.55. The molecule has 1 unspecified atom stereocenters. The molecule has 2 aliphatic rings. The number of aromatic nitrogens is 2. The first kappa shape index (κ1) is 28.3. The van der Waals surface area contributed by atoms with Crippen LogP contribution in [0.15, 0.2) is 54.6 Å². The Balaban J connectivity index is 1.68. The standard InChI is InChI=1S/C32H31Cl2N5O3/c1-17(2)38-28-27(36-29(38)22-11-8-19(16-37(4)5)13-26(22)42-6)30(40)39(25-15-21(34)9-7-18(25)3)32(28)23-12-10-20(33)14-24(23)35-31(32)41/h7-15,17H,16H2,1-6H3,(H,35,41). The Labute approximate surface area is 254 Å². The first-order valence-electron chi connectivity index (χ1n) is 13.7. The van der Waals surface area contributed by atoms with E-state index < -0.39 is 11.4 Å². The molecule has 42 heavy (non-hydrogen) atoms. The summed E-state index contributed by atoms with van der Waals surface area (Å²) in [6, 6.07) is 16.4. The van der Waals surface area contributed by atoms with Gasteiger partial charge in [0.2, 0.25) is 0 Å². The Hall–Kier alpha value is -3.85. The molecule has 4 aromatic rings. The minimum Gasteiger partial charge on any atom is -0.496 e. The molecule has 0 bridgehead atoms. The van der Waals surface area contributed by atoms with Crippen molar-refractivity contribution >= 4 is 46.4 Å². The quantitative estimate of drug-likeness (QED) is 0.266. The summed E-state index contributed by atoms with van der Waals surface area (Å²) in [6.07, 6.45) is 0. The van der Waals surface area contributed by atoms with E-state index in [-0.39, 0.29) is 17.6 Å². The molecule has 3 aromatic carbocycles. The van der Waals surface area contributed by atoms with E-state index in [4.69, 9.17) is 32.9 Å². The number of hydrogen-bond donors (Lipinski definition) is 1. The van der Waals surface area contributed by atoms with Crippen molar-refractivity contribution < 1.29 is 14.3 Å². The Morgan fingerprint density at radius 2 is 1.74 bits per heavy atom. The number of imidazole rings is 1. The number of rotatable bonds is 6. The first-order chi connectivity index (χ1) is 20.0. The number of anilines is 2. The minimum atomic E-state index is -1.55. The smallest absolute Gasteiger partial charge is 0.280 e. The maximum atomic E-state index is 14.6. The number of ether oxygens (including phenoxy) is 1. The monoisotopic (exact) mass is 603 g/mol. The van der Waals surface area contributed by atoms with Crippen molar-refractivity contribution in [2.45, 2.75) is 38.9 Å². The van der Waals surface area contributed by atoms with Gasteiger partial charge < -0.3 is 19.5 Å². The largest absolute Gasteiger partial charge is 0.496 e. The van der Waals surface area contributed by atoms with E-state index in [0.717, 1.165) is 23.2 Å². The second kappa shape index (κ2) is 10.2. The lowest BCUT2D eigenvalue weighted by atomic mass is 9.86. The van der Waals surface area contributed by atoms with E-state index in [2.05, 4.69) is 10.2 Å². The zero-order valence-corrected chi connectivity index (χ0v) is 25.8. The van der Waals surface area contributed by atoms with Gasteiger partial charge in [-0.2, -0.15) is 0 Å². The van der Waals surface area contributed by atoms with Crippen LogP contribution in [0.1, 0.15) is 52.8 Å². The molecule has 3 heterocycles. The summed E-state index contributed by atoms with van der Waals surface area (Å²) < 4.78 is 7.82. The number of carbonyl (C=O) groups is 2. The Bertz CT molecular complexity index is 1780. The highest BCUT2D eigenvalue weighted by atomic mass is 35.5. The summed E-state index contributed by atoms with van der Waals surface area (Å²) >= 11 is 12.8. The summed E-state index contributed by atoms with van der Waals surface area (Å²) in [5.74, 6) is 0.422. The van der Waals surface area contributed by atoms with Gasteiger partial charge in [0.05, 0.1) is 24.1 Å². The van der Waals surface area contributed by atoms with Crippen LogP contribution in [0.2, 0.25) is 10.0 Å². The van der Waals surface area contributed by atoms with Crippen LogP contribution in [-0.4, -0.2) is 47.5 Å². The van der Waals surface area contributed by atoms with Gasteiger partial charge in [-0.3, -0.25) is 14.5 Å². The van der Waals surface area contributed by atoms with E-state index in [1.165, 1.54) is 0 Å². The Morgan fingerprint density at radius 1 is 1.02 bits per heavy atom. The molecule has 1 spiro atoms. The first-order valence-corrected chi connectivity index (χ1v) is 14.4. The number of amides is 2. The molecule has 1 atom stereocenters. The highest BCUT2D eigenvalue weighted by Gasteiger charge is 2.64. The maximum Gasteiger partial charge on any atom is 0.280 e. The molecule has 8 nitrogen and oxygen atoms in total. The number of nitrogens with zero attached hydrogens (tertiary/aromatic N) is 4. The SMILES string of the molecule is COc1cc(CN(C)C)ccc1-c1nc2c(n1C(C)C)C1(C(=O)Nc3cc(Cl)ccc31)N(c1cc(Cl)ccc1C)C2=O. The number of aryl methyl sites for hydroxylation is 1. The number of halogens is 2. The molecule has 1 N–H and O–H groups in total. The molecule has 10 heteroatoms. The molecule has 0 fully saturated rings. The van der Waals surface area contributed by atoms with E-state index >= 15 is 0 Å². The van der Waals surface area contributed by atoms with Crippen LogP contribution in [0, 0.1) is 6.92 Å². The van der Waals surface area contributed by atoms with Crippen molar-refractivity contribution in [2.24, 2.45) is 0 Å². The van der Waals surface area contributed by atoms with Crippen molar-refractivity contribution in [3.8, 4) is 17.1 Å². The topological polar surface area (TPSA) is 79.7 Å². The number of benzene rings is 3. The van der Waals surface area contributed by atoms with Gasteiger partial charge in [-0.15, -0.1) is 0 Å². The highest BCUT2D eigenvalue weighted by molar-refractivity contribution is 6.32. The van der Waals surface area contributed by atoms with Crippen LogP contribution in [0.25, 0.3) is 11.4 Å². The fraction of sp³-hybridized carbons (Fsp3) is 0.281. The van der Waals surface area contributed by atoms with Crippen LogP contribution in [0.5, 0.6) is 5.75 Å². The fourth-order valence-electron chi connectivity index (χ4n) is 6.21. The summed E-state index contributed by atoms with van der Waals surface area (Å²) in [4.78, 5) is 37.5. The van der Waals surface area contributed by atoms with Crippen molar-refractivity contribution in [2.75, 3.05) is 31.4 Å². The Kier molecular flexibility index (Phi) is 6.84. The molecule has 2 aliphatic heterocycles. The van der Waals surface area contributed by atoms with Crippen LogP contribution in [0.3, 0.4) is 0 Å². The number of nitrogens with one attached hydrogen (secondary N) is 1. The lowest BCUT2D eigenvalue weighted by Crippen LogP contribution is -2.51. The van der Waals surface area contributed by atoms with Gasteiger partial charge in [0.25, 0.3) is 11.8 Å². The van der Waals surface area contributed by atoms with E-state index in [1.54, 1.807) is 42.3 Å². The van der Waals surface area contributed by atoms with Gasteiger partial charge in [-0.25, -0.2) is 4.98 Å². The number of hydrogen-bond acceptors (Lipinski definition) is 5. The molecule has 0 aliphatic carbocycles. The molecule has 0 saturated carbocycles. The summed E-state index contributed by atoms with van der Waals surface area (Å²) in [7, 11) is 5.63. The second-order valence-corrected chi connectivity index (χ2v) is 12.2. The number of carbonyl (C=O) groups excluding carboxylic acids is 2.